The number of methoxy groups -OCH3 is 1. The Morgan fingerprint density at radius 1 is 1.03 bits per heavy atom. The van der Waals surface area contributed by atoms with E-state index < -0.39 is 0 Å². The maximum absolute atomic E-state index is 12.5. The van der Waals surface area contributed by atoms with Gasteiger partial charge in [0.25, 0.3) is 5.91 Å². The highest BCUT2D eigenvalue weighted by Crippen LogP contribution is 2.32. The van der Waals surface area contributed by atoms with Gasteiger partial charge in [-0.2, -0.15) is 0 Å². The van der Waals surface area contributed by atoms with Crippen LogP contribution in [0.25, 0.3) is 0 Å². The average Bonchev–Trinajstić information content (AvgIpc) is 3.31. The molecular formula is C24H29N3O5. The first-order valence-corrected chi connectivity index (χ1v) is 11.0. The number of hydrogen-bond donors (Lipinski definition) is 2. The molecule has 170 valence electrons. The molecule has 0 aromatic heterocycles. The second-order valence-electron chi connectivity index (χ2n) is 7.91. The molecule has 2 amide bonds. The highest BCUT2D eigenvalue weighted by atomic mass is 16.7. The van der Waals surface area contributed by atoms with Crippen molar-refractivity contribution in [1.82, 2.24) is 15.5 Å². The monoisotopic (exact) mass is 439 g/mol. The average molecular weight is 440 g/mol. The molecule has 2 aliphatic heterocycles. The number of rotatable bonds is 8. The normalized spacial score (nSPS) is 16.3. The van der Waals surface area contributed by atoms with E-state index in [-0.39, 0.29) is 31.2 Å². The Hall–Kier alpha value is -3.26. The molecule has 0 saturated carbocycles. The molecule has 0 aliphatic carbocycles. The number of para-hydroxylation sites is 1. The molecule has 1 atom stereocenters. The van der Waals surface area contributed by atoms with Crippen LogP contribution in [0.5, 0.6) is 17.2 Å². The standard InChI is InChI=1S/C24H29N3O5/c1-30-20-8-4-3-7-18(20)19(27-11-5-2-6-12-27)14-25-23(28)15-26-24(29)17-9-10-21-22(13-17)32-16-31-21/h3-4,7-10,13,19H,2,5-6,11-12,14-16H2,1H3,(H,25,28)(H,26,29)/t19-/m1/s1. The molecule has 2 N–H and O–H groups in total. The third kappa shape index (κ3) is 5.13. The zero-order chi connectivity index (χ0) is 22.3. The van der Waals surface area contributed by atoms with Crippen molar-refractivity contribution in [2.24, 2.45) is 0 Å². The quantitative estimate of drug-likeness (QED) is 0.657. The van der Waals surface area contributed by atoms with E-state index in [1.165, 1.54) is 6.42 Å². The van der Waals surface area contributed by atoms with E-state index in [0.717, 1.165) is 37.2 Å². The summed E-state index contributed by atoms with van der Waals surface area (Å²) < 4.78 is 16.1. The first kappa shape index (κ1) is 22.0. The molecule has 0 spiro atoms. The van der Waals surface area contributed by atoms with Crippen molar-refractivity contribution in [2.75, 3.05) is 40.1 Å². The van der Waals surface area contributed by atoms with E-state index in [0.29, 0.717) is 23.6 Å². The van der Waals surface area contributed by atoms with Gasteiger partial charge in [0, 0.05) is 17.7 Å². The van der Waals surface area contributed by atoms with Gasteiger partial charge in [0.05, 0.1) is 19.7 Å². The second kappa shape index (κ2) is 10.4. The number of ether oxygens (including phenoxy) is 3. The van der Waals surface area contributed by atoms with Crippen LogP contribution in [-0.4, -0.2) is 56.8 Å². The Morgan fingerprint density at radius 2 is 1.81 bits per heavy atom. The summed E-state index contributed by atoms with van der Waals surface area (Å²) in [5.41, 5.74) is 1.48. The number of nitrogens with zero attached hydrogens (tertiary/aromatic N) is 1. The minimum Gasteiger partial charge on any atom is -0.496 e. The number of carbonyl (C=O) groups is 2. The van der Waals surface area contributed by atoms with Crippen LogP contribution in [0.1, 0.15) is 41.2 Å². The first-order valence-electron chi connectivity index (χ1n) is 11.0. The number of piperidine rings is 1. The molecule has 0 unspecified atom stereocenters. The Bertz CT molecular complexity index is 958. The predicted molar refractivity (Wildman–Crippen MR) is 119 cm³/mol. The van der Waals surface area contributed by atoms with E-state index in [2.05, 4.69) is 15.5 Å². The molecule has 1 saturated heterocycles. The highest BCUT2D eigenvalue weighted by molar-refractivity contribution is 5.97. The number of amides is 2. The molecule has 8 nitrogen and oxygen atoms in total. The molecule has 0 radical (unpaired) electrons. The van der Waals surface area contributed by atoms with Crippen molar-refractivity contribution in [3.63, 3.8) is 0 Å². The zero-order valence-corrected chi connectivity index (χ0v) is 18.3. The SMILES string of the molecule is COc1ccccc1[C@@H](CNC(=O)CNC(=O)c1ccc2c(c1)OCO2)N1CCCCC1. The fourth-order valence-corrected chi connectivity index (χ4v) is 4.18. The lowest BCUT2D eigenvalue weighted by Gasteiger charge is -2.35. The smallest absolute Gasteiger partial charge is 0.251 e. The van der Waals surface area contributed by atoms with Crippen LogP contribution in [-0.2, 0) is 4.79 Å². The summed E-state index contributed by atoms with van der Waals surface area (Å²) >= 11 is 0. The van der Waals surface area contributed by atoms with Gasteiger partial charge < -0.3 is 24.8 Å². The topological polar surface area (TPSA) is 89.1 Å². The molecule has 0 bridgehead atoms. The number of carbonyl (C=O) groups excluding carboxylic acids is 2. The molecule has 2 aromatic carbocycles. The molecule has 1 fully saturated rings. The minimum absolute atomic E-state index is 0.0139. The molecule has 32 heavy (non-hydrogen) atoms. The Morgan fingerprint density at radius 3 is 2.62 bits per heavy atom. The lowest BCUT2D eigenvalue weighted by molar-refractivity contribution is -0.120. The summed E-state index contributed by atoms with van der Waals surface area (Å²) in [5, 5.41) is 5.65. The third-order valence-corrected chi connectivity index (χ3v) is 5.87. The van der Waals surface area contributed by atoms with Gasteiger partial charge in [0.2, 0.25) is 12.7 Å². The van der Waals surface area contributed by atoms with Crippen molar-refractivity contribution in [3.8, 4) is 17.2 Å². The molecular weight excluding hydrogens is 410 g/mol. The van der Waals surface area contributed by atoms with E-state index in [9.17, 15) is 9.59 Å². The number of nitrogens with one attached hydrogen (secondary N) is 2. The number of benzene rings is 2. The fourth-order valence-electron chi connectivity index (χ4n) is 4.18. The van der Waals surface area contributed by atoms with Crippen molar-refractivity contribution >= 4 is 11.8 Å². The number of likely N-dealkylation sites (tertiary alicyclic amines) is 1. The summed E-state index contributed by atoms with van der Waals surface area (Å²) in [6, 6.07) is 12.9. The van der Waals surface area contributed by atoms with Gasteiger partial charge in [-0.05, 0) is 50.2 Å². The summed E-state index contributed by atoms with van der Waals surface area (Å²) in [4.78, 5) is 27.3. The Kier molecular flexibility index (Phi) is 7.11. The van der Waals surface area contributed by atoms with Crippen molar-refractivity contribution in [1.29, 1.82) is 0 Å². The van der Waals surface area contributed by atoms with Crippen LogP contribution in [0.15, 0.2) is 42.5 Å². The third-order valence-electron chi connectivity index (χ3n) is 5.87. The van der Waals surface area contributed by atoms with Gasteiger partial charge in [-0.15, -0.1) is 0 Å². The molecule has 2 aliphatic rings. The lowest BCUT2D eigenvalue weighted by Crippen LogP contribution is -2.43. The highest BCUT2D eigenvalue weighted by Gasteiger charge is 2.25. The van der Waals surface area contributed by atoms with E-state index in [4.69, 9.17) is 14.2 Å². The molecule has 4 rings (SSSR count). The maximum Gasteiger partial charge on any atom is 0.251 e. The maximum atomic E-state index is 12.5. The summed E-state index contributed by atoms with van der Waals surface area (Å²) in [6.45, 7) is 2.46. The lowest BCUT2D eigenvalue weighted by atomic mass is 10.0. The molecule has 2 heterocycles. The van der Waals surface area contributed by atoms with Gasteiger partial charge >= 0.3 is 0 Å². The van der Waals surface area contributed by atoms with Crippen LogP contribution in [0.3, 0.4) is 0 Å². The Labute approximate surface area is 187 Å². The van der Waals surface area contributed by atoms with E-state index in [1.807, 2.05) is 24.3 Å². The minimum atomic E-state index is -0.337. The summed E-state index contributed by atoms with van der Waals surface area (Å²) in [7, 11) is 1.66. The molecule has 8 heteroatoms. The van der Waals surface area contributed by atoms with Gasteiger partial charge in [-0.25, -0.2) is 0 Å². The van der Waals surface area contributed by atoms with Crippen molar-refractivity contribution < 1.29 is 23.8 Å². The first-order chi connectivity index (χ1) is 15.7. The van der Waals surface area contributed by atoms with Crippen LogP contribution >= 0.6 is 0 Å². The summed E-state index contributed by atoms with van der Waals surface area (Å²) in [6.07, 6.45) is 3.52. The van der Waals surface area contributed by atoms with Crippen LogP contribution in [0, 0.1) is 0 Å². The number of hydrogen-bond acceptors (Lipinski definition) is 6. The van der Waals surface area contributed by atoms with E-state index >= 15 is 0 Å². The predicted octanol–water partition coefficient (Wildman–Crippen LogP) is 2.50. The van der Waals surface area contributed by atoms with Crippen molar-refractivity contribution in [3.05, 3.63) is 53.6 Å². The van der Waals surface area contributed by atoms with Crippen LogP contribution in [0.4, 0.5) is 0 Å². The second-order valence-corrected chi connectivity index (χ2v) is 7.91. The Balaban J connectivity index is 1.35. The van der Waals surface area contributed by atoms with Gasteiger partial charge in [0.1, 0.15) is 5.75 Å². The number of fused-ring (bicyclic) bond motifs is 1. The van der Waals surface area contributed by atoms with Gasteiger partial charge in [-0.1, -0.05) is 24.6 Å². The molecule has 2 aromatic rings. The van der Waals surface area contributed by atoms with E-state index in [1.54, 1.807) is 25.3 Å². The van der Waals surface area contributed by atoms with Crippen LogP contribution in [0.2, 0.25) is 0 Å². The van der Waals surface area contributed by atoms with Crippen LogP contribution < -0.4 is 24.8 Å². The van der Waals surface area contributed by atoms with Crippen molar-refractivity contribution in [2.45, 2.75) is 25.3 Å². The summed E-state index contributed by atoms with van der Waals surface area (Å²) in [5.74, 6) is 1.38. The largest absolute Gasteiger partial charge is 0.496 e. The fraction of sp³-hybridized carbons (Fsp3) is 0.417. The van der Waals surface area contributed by atoms with Gasteiger partial charge in [-0.3, -0.25) is 14.5 Å². The van der Waals surface area contributed by atoms with Gasteiger partial charge in [0.15, 0.2) is 11.5 Å². The zero-order valence-electron chi connectivity index (χ0n) is 18.3.